The van der Waals surface area contributed by atoms with E-state index in [0.29, 0.717) is 24.1 Å². The van der Waals surface area contributed by atoms with Crippen LogP contribution in [0.4, 0.5) is 4.39 Å². The highest BCUT2D eigenvalue weighted by atomic mass is 19.1. The molecular formula is C19H15FN2O3. The number of rotatable bonds is 2. The Labute approximate surface area is 143 Å². The molecule has 5 nitrogen and oxygen atoms in total. The fraction of sp³-hybridized carbons (Fsp3) is 0.211. The van der Waals surface area contributed by atoms with Crippen molar-refractivity contribution >= 4 is 17.7 Å². The van der Waals surface area contributed by atoms with E-state index in [9.17, 15) is 18.8 Å². The Morgan fingerprint density at radius 2 is 1.68 bits per heavy atom. The molecule has 1 unspecified atom stereocenters. The fourth-order valence-corrected chi connectivity index (χ4v) is 3.48. The third-order valence-corrected chi connectivity index (χ3v) is 4.71. The number of likely N-dealkylation sites (tertiary alicyclic amines) is 1. The molecule has 0 radical (unpaired) electrons. The third-order valence-electron chi connectivity index (χ3n) is 4.71. The number of nitrogens with zero attached hydrogens (tertiary/aromatic N) is 2. The standard InChI is InChI=1S/C19H15FN2O3/c20-13-5-3-4-12(10-13)17(23)21-9-8-14(11-21)22-18(24)15-6-1-2-7-16(15)19(22)25/h1-7,10,14H,8-9,11H2. The number of hydrogen-bond acceptors (Lipinski definition) is 3. The van der Waals surface area contributed by atoms with Gasteiger partial charge in [-0.2, -0.15) is 0 Å². The van der Waals surface area contributed by atoms with Crippen LogP contribution in [0, 0.1) is 5.82 Å². The normalized spacial score (nSPS) is 19.5. The smallest absolute Gasteiger partial charge is 0.261 e. The molecule has 0 bridgehead atoms. The highest BCUT2D eigenvalue weighted by Crippen LogP contribution is 2.28. The zero-order chi connectivity index (χ0) is 17.6. The quantitative estimate of drug-likeness (QED) is 0.790. The molecule has 1 fully saturated rings. The second-order valence-electron chi connectivity index (χ2n) is 6.23. The Kier molecular flexibility index (Phi) is 3.60. The van der Waals surface area contributed by atoms with E-state index >= 15 is 0 Å². The van der Waals surface area contributed by atoms with Crippen molar-refractivity contribution in [1.82, 2.24) is 9.80 Å². The first-order valence-corrected chi connectivity index (χ1v) is 8.08. The number of carbonyl (C=O) groups is 3. The van der Waals surface area contributed by atoms with Crippen LogP contribution < -0.4 is 0 Å². The zero-order valence-corrected chi connectivity index (χ0v) is 13.3. The predicted molar refractivity (Wildman–Crippen MR) is 87.7 cm³/mol. The highest BCUT2D eigenvalue weighted by Gasteiger charge is 2.42. The van der Waals surface area contributed by atoms with Crippen LogP contribution in [0.2, 0.25) is 0 Å². The number of halogens is 1. The number of carbonyl (C=O) groups excluding carboxylic acids is 3. The molecular weight excluding hydrogens is 323 g/mol. The van der Waals surface area contributed by atoms with Gasteiger partial charge < -0.3 is 4.90 Å². The minimum Gasteiger partial charge on any atom is -0.336 e. The van der Waals surface area contributed by atoms with E-state index in [1.54, 1.807) is 35.2 Å². The molecule has 6 heteroatoms. The van der Waals surface area contributed by atoms with Crippen molar-refractivity contribution in [3.63, 3.8) is 0 Å². The first kappa shape index (κ1) is 15.5. The molecule has 1 saturated heterocycles. The van der Waals surface area contributed by atoms with Crippen LogP contribution in [0.25, 0.3) is 0 Å². The molecule has 3 amide bonds. The number of amides is 3. The molecule has 2 heterocycles. The molecule has 25 heavy (non-hydrogen) atoms. The van der Waals surface area contributed by atoms with E-state index < -0.39 is 5.82 Å². The van der Waals surface area contributed by atoms with Crippen molar-refractivity contribution in [2.75, 3.05) is 13.1 Å². The SMILES string of the molecule is O=C(c1cccc(F)c1)N1CCC(N2C(=O)c3ccccc3C2=O)C1. The molecule has 126 valence electrons. The summed E-state index contributed by atoms with van der Waals surface area (Å²) in [4.78, 5) is 40.4. The van der Waals surface area contributed by atoms with E-state index in [1.165, 1.54) is 23.1 Å². The summed E-state index contributed by atoms with van der Waals surface area (Å²) in [6.07, 6.45) is 0.520. The third kappa shape index (κ3) is 2.50. The first-order chi connectivity index (χ1) is 12.1. The topological polar surface area (TPSA) is 57.7 Å². The van der Waals surface area contributed by atoms with Crippen LogP contribution >= 0.6 is 0 Å². The summed E-state index contributed by atoms with van der Waals surface area (Å²) in [6, 6.07) is 11.9. The Bertz CT molecular complexity index is 861. The summed E-state index contributed by atoms with van der Waals surface area (Å²) in [5.74, 6) is -1.39. The summed E-state index contributed by atoms with van der Waals surface area (Å²) in [5.41, 5.74) is 1.08. The fourth-order valence-electron chi connectivity index (χ4n) is 3.48. The van der Waals surface area contributed by atoms with Crippen molar-refractivity contribution in [2.45, 2.75) is 12.5 Å². The van der Waals surface area contributed by atoms with Crippen molar-refractivity contribution in [3.05, 3.63) is 71.0 Å². The van der Waals surface area contributed by atoms with Gasteiger partial charge in [0.15, 0.2) is 0 Å². The van der Waals surface area contributed by atoms with Gasteiger partial charge >= 0.3 is 0 Å². The lowest BCUT2D eigenvalue weighted by atomic mass is 10.1. The van der Waals surface area contributed by atoms with Crippen LogP contribution in [0.5, 0.6) is 0 Å². The van der Waals surface area contributed by atoms with Crippen LogP contribution in [0.1, 0.15) is 37.5 Å². The maximum Gasteiger partial charge on any atom is 0.261 e. The first-order valence-electron chi connectivity index (χ1n) is 8.08. The van der Waals surface area contributed by atoms with Crippen LogP contribution in [0.15, 0.2) is 48.5 Å². The minimum atomic E-state index is -0.470. The number of benzene rings is 2. The highest BCUT2D eigenvalue weighted by molar-refractivity contribution is 6.21. The summed E-state index contributed by atoms with van der Waals surface area (Å²) >= 11 is 0. The van der Waals surface area contributed by atoms with Crippen molar-refractivity contribution in [1.29, 1.82) is 0 Å². The van der Waals surface area contributed by atoms with Gasteiger partial charge in [0.25, 0.3) is 17.7 Å². The maximum absolute atomic E-state index is 13.3. The van der Waals surface area contributed by atoms with E-state index in [-0.39, 0.29) is 35.9 Å². The largest absolute Gasteiger partial charge is 0.336 e. The van der Waals surface area contributed by atoms with Crippen molar-refractivity contribution in [3.8, 4) is 0 Å². The van der Waals surface area contributed by atoms with Crippen LogP contribution in [-0.4, -0.2) is 46.7 Å². The molecule has 2 aliphatic rings. The van der Waals surface area contributed by atoms with Crippen LogP contribution in [0.3, 0.4) is 0 Å². The maximum atomic E-state index is 13.3. The van der Waals surface area contributed by atoms with E-state index in [2.05, 4.69) is 0 Å². The average molecular weight is 338 g/mol. The van der Waals surface area contributed by atoms with Gasteiger partial charge in [-0.05, 0) is 36.8 Å². The molecule has 0 aliphatic carbocycles. The van der Waals surface area contributed by atoms with Gasteiger partial charge in [-0.25, -0.2) is 4.39 Å². The lowest BCUT2D eigenvalue weighted by Crippen LogP contribution is -2.42. The zero-order valence-electron chi connectivity index (χ0n) is 13.3. The Morgan fingerprint density at radius 1 is 1.00 bits per heavy atom. The molecule has 0 aromatic heterocycles. The lowest BCUT2D eigenvalue weighted by molar-refractivity contribution is 0.0574. The molecule has 0 spiro atoms. The van der Waals surface area contributed by atoms with Gasteiger partial charge in [-0.15, -0.1) is 0 Å². The molecule has 2 aromatic carbocycles. The second kappa shape index (κ2) is 5.81. The van der Waals surface area contributed by atoms with Gasteiger partial charge in [-0.3, -0.25) is 19.3 Å². The minimum absolute atomic E-state index is 0.265. The Hall–Kier alpha value is -3.02. The van der Waals surface area contributed by atoms with Gasteiger partial charge in [-0.1, -0.05) is 18.2 Å². The summed E-state index contributed by atoms with van der Waals surface area (Å²) in [5, 5.41) is 0. The van der Waals surface area contributed by atoms with Gasteiger partial charge in [0.05, 0.1) is 17.2 Å². The van der Waals surface area contributed by atoms with Gasteiger partial charge in [0.2, 0.25) is 0 Å². The monoisotopic (exact) mass is 338 g/mol. The summed E-state index contributed by atoms with van der Waals surface area (Å²) in [6.45, 7) is 0.689. The van der Waals surface area contributed by atoms with E-state index in [4.69, 9.17) is 0 Å². The number of imide groups is 1. The molecule has 4 rings (SSSR count). The van der Waals surface area contributed by atoms with E-state index in [0.717, 1.165) is 0 Å². The molecule has 2 aliphatic heterocycles. The van der Waals surface area contributed by atoms with Crippen molar-refractivity contribution in [2.24, 2.45) is 0 Å². The van der Waals surface area contributed by atoms with Crippen molar-refractivity contribution < 1.29 is 18.8 Å². The molecule has 2 aromatic rings. The average Bonchev–Trinajstić information content (AvgIpc) is 3.19. The molecule has 0 saturated carbocycles. The van der Waals surface area contributed by atoms with Gasteiger partial charge in [0.1, 0.15) is 5.82 Å². The number of hydrogen-bond donors (Lipinski definition) is 0. The lowest BCUT2D eigenvalue weighted by Gasteiger charge is -2.22. The molecule has 1 atom stereocenters. The number of fused-ring (bicyclic) bond motifs is 1. The predicted octanol–water partition coefficient (Wildman–Crippen LogP) is 2.34. The Balaban J connectivity index is 1.53. The van der Waals surface area contributed by atoms with Gasteiger partial charge in [0, 0.05) is 18.7 Å². The second-order valence-corrected chi connectivity index (χ2v) is 6.23. The van der Waals surface area contributed by atoms with E-state index in [1.807, 2.05) is 0 Å². The van der Waals surface area contributed by atoms with Crippen LogP contribution in [-0.2, 0) is 0 Å². The molecule has 0 N–H and O–H groups in total. The summed E-state index contributed by atoms with van der Waals surface area (Å²) < 4.78 is 13.3. The Morgan fingerprint density at radius 3 is 2.32 bits per heavy atom. The summed E-state index contributed by atoms with van der Waals surface area (Å²) in [7, 11) is 0.